The third-order valence-electron chi connectivity index (χ3n) is 5.74. The quantitative estimate of drug-likeness (QED) is 0.451. The Kier molecular flexibility index (Phi) is 5.41. The van der Waals surface area contributed by atoms with Crippen LogP contribution >= 0.6 is 27.5 Å². The number of ether oxygens (including phenoxy) is 1. The average molecular weight is 514 g/mol. The molecular formula is C24H18BrClN2O4. The topological polar surface area (TPSA) is 59.1 Å². The monoisotopic (exact) mass is 512 g/mol. The molecule has 6 nitrogen and oxygen atoms in total. The van der Waals surface area contributed by atoms with Gasteiger partial charge in [0.25, 0.3) is 5.91 Å². The van der Waals surface area contributed by atoms with Gasteiger partial charge in [0, 0.05) is 0 Å². The van der Waals surface area contributed by atoms with E-state index in [9.17, 15) is 9.59 Å². The van der Waals surface area contributed by atoms with Crippen molar-refractivity contribution >= 4 is 50.7 Å². The van der Waals surface area contributed by atoms with Crippen molar-refractivity contribution in [2.45, 2.75) is 12.1 Å². The number of carbonyl (C=O) groups is 2. The Balaban J connectivity index is 1.61. The molecule has 0 saturated carbocycles. The highest BCUT2D eigenvalue weighted by atomic mass is 79.9. The number of halogens is 2. The summed E-state index contributed by atoms with van der Waals surface area (Å²) in [7, 11) is 1.59. The molecule has 3 aromatic carbocycles. The van der Waals surface area contributed by atoms with Gasteiger partial charge in [-0.15, -0.1) is 0 Å². The number of amides is 2. The van der Waals surface area contributed by atoms with E-state index in [0.29, 0.717) is 16.5 Å². The van der Waals surface area contributed by atoms with Crippen molar-refractivity contribution in [3.8, 4) is 5.75 Å². The molecule has 0 radical (unpaired) electrons. The van der Waals surface area contributed by atoms with Crippen molar-refractivity contribution in [1.82, 2.24) is 0 Å². The highest BCUT2D eigenvalue weighted by molar-refractivity contribution is 9.10. The second-order valence-corrected chi connectivity index (χ2v) is 8.78. The van der Waals surface area contributed by atoms with Crippen LogP contribution in [0.25, 0.3) is 0 Å². The molecule has 32 heavy (non-hydrogen) atoms. The zero-order valence-corrected chi connectivity index (χ0v) is 19.3. The maximum atomic E-state index is 13.6. The van der Waals surface area contributed by atoms with Crippen LogP contribution in [0.1, 0.15) is 11.6 Å². The predicted molar refractivity (Wildman–Crippen MR) is 125 cm³/mol. The number of methoxy groups -OCH3 is 1. The van der Waals surface area contributed by atoms with Gasteiger partial charge in [0.2, 0.25) is 5.91 Å². The van der Waals surface area contributed by atoms with Gasteiger partial charge < -0.3 is 4.74 Å². The van der Waals surface area contributed by atoms with E-state index in [4.69, 9.17) is 21.2 Å². The summed E-state index contributed by atoms with van der Waals surface area (Å²) in [5.41, 5.74) is 1.93. The molecule has 0 spiro atoms. The first-order valence-corrected chi connectivity index (χ1v) is 11.1. The van der Waals surface area contributed by atoms with Crippen molar-refractivity contribution in [3.63, 3.8) is 0 Å². The Morgan fingerprint density at radius 3 is 2.38 bits per heavy atom. The standard InChI is InChI=1S/C24H18BrClN2O4/c1-31-19-12-11-14(13-16(19)25)21-20-22(32-28(21)15-7-3-2-4-8-15)24(30)27(23(20)29)18-10-6-5-9-17(18)26/h2-13,20-22H,1H3/t20-,21-,22-/m1/s1. The van der Waals surface area contributed by atoms with Crippen molar-refractivity contribution < 1.29 is 19.2 Å². The van der Waals surface area contributed by atoms with Crippen LogP contribution in [-0.2, 0) is 14.4 Å². The maximum absolute atomic E-state index is 13.6. The number of anilines is 2. The summed E-state index contributed by atoms with van der Waals surface area (Å²) < 4.78 is 6.10. The molecule has 0 aromatic heterocycles. The molecule has 2 heterocycles. The summed E-state index contributed by atoms with van der Waals surface area (Å²) in [5.74, 6) is -0.839. The highest BCUT2D eigenvalue weighted by Gasteiger charge is 2.60. The molecule has 2 amide bonds. The third-order valence-corrected chi connectivity index (χ3v) is 6.68. The number of nitrogens with zero attached hydrogens (tertiary/aromatic N) is 2. The van der Waals surface area contributed by atoms with Gasteiger partial charge in [0.15, 0.2) is 6.10 Å². The summed E-state index contributed by atoms with van der Waals surface area (Å²) in [6.07, 6.45) is -0.954. The minimum absolute atomic E-state index is 0.331. The SMILES string of the molecule is COc1ccc([C@@H]2[C@H]3C(=O)N(c4ccccc4Cl)C(=O)[C@@H]3ON2c2ccccc2)cc1Br. The molecule has 0 aliphatic carbocycles. The van der Waals surface area contributed by atoms with Crippen molar-refractivity contribution in [1.29, 1.82) is 0 Å². The van der Waals surface area contributed by atoms with Gasteiger partial charge in [0.05, 0.1) is 34.0 Å². The molecule has 2 aliphatic heterocycles. The van der Waals surface area contributed by atoms with Crippen LogP contribution < -0.4 is 14.7 Å². The molecule has 162 valence electrons. The average Bonchev–Trinajstić information content (AvgIpc) is 3.31. The van der Waals surface area contributed by atoms with Crippen LogP contribution in [-0.4, -0.2) is 25.0 Å². The van der Waals surface area contributed by atoms with Crippen LogP contribution in [0, 0.1) is 5.92 Å². The number of para-hydroxylation sites is 2. The molecule has 0 bridgehead atoms. The number of imide groups is 1. The Bertz CT molecular complexity index is 1210. The van der Waals surface area contributed by atoms with E-state index >= 15 is 0 Å². The Morgan fingerprint density at radius 1 is 0.969 bits per heavy atom. The lowest BCUT2D eigenvalue weighted by atomic mass is 9.90. The van der Waals surface area contributed by atoms with Gasteiger partial charge in [0.1, 0.15) is 11.7 Å². The lowest BCUT2D eigenvalue weighted by Gasteiger charge is -2.29. The normalized spacial score (nSPS) is 22.4. The van der Waals surface area contributed by atoms with Gasteiger partial charge in [-0.05, 0) is 57.9 Å². The molecule has 2 saturated heterocycles. The number of hydroxylamine groups is 1. The van der Waals surface area contributed by atoms with E-state index in [1.165, 1.54) is 0 Å². The maximum Gasteiger partial charge on any atom is 0.266 e. The van der Waals surface area contributed by atoms with E-state index in [0.717, 1.165) is 20.6 Å². The van der Waals surface area contributed by atoms with E-state index in [2.05, 4.69) is 15.9 Å². The van der Waals surface area contributed by atoms with Gasteiger partial charge in [-0.1, -0.05) is 48.0 Å². The first-order valence-electron chi connectivity index (χ1n) is 9.98. The van der Waals surface area contributed by atoms with Crippen LogP contribution in [0.2, 0.25) is 5.02 Å². The number of carbonyl (C=O) groups excluding carboxylic acids is 2. The number of hydrogen-bond acceptors (Lipinski definition) is 5. The Hall–Kier alpha value is -2.87. The second-order valence-electron chi connectivity index (χ2n) is 7.52. The van der Waals surface area contributed by atoms with Gasteiger partial charge >= 0.3 is 0 Å². The van der Waals surface area contributed by atoms with Crippen LogP contribution in [0.4, 0.5) is 11.4 Å². The minimum Gasteiger partial charge on any atom is -0.496 e. The van der Waals surface area contributed by atoms with E-state index in [-0.39, 0.29) is 5.91 Å². The molecule has 8 heteroatoms. The van der Waals surface area contributed by atoms with Crippen molar-refractivity contribution in [3.05, 3.63) is 87.9 Å². The third kappa shape index (κ3) is 3.28. The minimum atomic E-state index is -0.954. The largest absolute Gasteiger partial charge is 0.496 e. The molecule has 2 aliphatic rings. The summed E-state index contributed by atoms with van der Waals surface area (Å²) >= 11 is 9.83. The second kappa shape index (κ2) is 8.24. The number of hydrogen-bond donors (Lipinski definition) is 0. The Labute approximate surface area is 198 Å². The summed E-state index contributed by atoms with van der Waals surface area (Å²) in [6, 6.07) is 21.3. The fraction of sp³-hybridized carbons (Fsp3) is 0.167. The zero-order valence-electron chi connectivity index (χ0n) is 16.9. The Morgan fingerprint density at radius 2 is 1.69 bits per heavy atom. The number of benzene rings is 3. The molecule has 5 rings (SSSR count). The first kappa shape index (κ1) is 21.0. The zero-order chi connectivity index (χ0) is 22.4. The summed E-state index contributed by atoms with van der Waals surface area (Å²) in [6.45, 7) is 0. The molecule has 2 fully saturated rings. The van der Waals surface area contributed by atoms with Gasteiger partial charge in [-0.3, -0.25) is 14.4 Å². The smallest absolute Gasteiger partial charge is 0.266 e. The van der Waals surface area contributed by atoms with Crippen LogP contribution in [0.5, 0.6) is 5.75 Å². The predicted octanol–water partition coefficient (Wildman–Crippen LogP) is 5.16. The molecule has 0 unspecified atom stereocenters. The molecule has 3 atom stereocenters. The lowest BCUT2D eigenvalue weighted by molar-refractivity contribution is -0.126. The van der Waals surface area contributed by atoms with Crippen LogP contribution in [0.15, 0.2) is 77.3 Å². The molecular weight excluding hydrogens is 496 g/mol. The first-order chi connectivity index (χ1) is 15.5. The van der Waals surface area contributed by atoms with Crippen molar-refractivity contribution in [2.24, 2.45) is 5.92 Å². The summed E-state index contributed by atoms with van der Waals surface area (Å²) in [4.78, 5) is 34.2. The van der Waals surface area contributed by atoms with E-state index in [1.807, 2.05) is 48.5 Å². The van der Waals surface area contributed by atoms with E-state index in [1.54, 1.807) is 36.4 Å². The van der Waals surface area contributed by atoms with E-state index < -0.39 is 24.0 Å². The molecule has 3 aromatic rings. The fourth-order valence-corrected chi connectivity index (χ4v) is 5.07. The van der Waals surface area contributed by atoms with Gasteiger partial charge in [-0.25, -0.2) is 9.96 Å². The lowest BCUT2D eigenvalue weighted by Crippen LogP contribution is -2.37. The highest BCUT2D eigenvalue weighted by Crippen LogP contribution is 2.49. The van der Waals surface area contributed by atoms with Crippen LogP contribution in [0.3, 0.4) is 0 Å². The van der Waals surface area contributed by atoms with Gasteiger partial charge in [-0.2, -0.15) is 0 Å². The summed E-state index contributed by atoms with van der Waals surface area (Å²) in [5, 5.41) is 1.99. The number of rotatable bonds is 4. The van der Waals surface area contributed by atoms with Crippen molar-refractivity contribution in [2.75, 3.05) is 17.1 Å². The fourth-order valence-electron chi connectivity index (χ4n) is 4.29. The molecule has 0 N–H and O–H groups in total. The number of fused-ring (bicyclic) bond motifs is 1.